The molecule has 1 heterocycles. The van der Waals surface area contributed by atoms with Crippen LogP contribution in [0.2, 0.25) is 0 Å². The summed E-state index contributed by atoms with van der Waals surface area (Å²) in [6.07, 6.45) is 1.76. The van der Waals surface area contributed by atoms with Gasteiger partial charge in [0.05, 0.1) is 5.69 Å². The molecule has 1 aromatic heterocycles. The van der Waals surface area contributed by atoms with Crippen molar-refractivity contribution in [1.29, 1.82) is 0 Å². The summed E-state index contributed by atoms with van der Waals surface area (Å²) in [7, 11) is 0. The normalized spacial score (nSPS) is 10.9. The summed E-state index contributed by atoms with van der Waals surface area (Å²) >= 11 is 0. The van der Waals surface area contributed by atoms with Crippen molar-refractivity contribution in [2.45, 2.75) is 26.8 Å². The number of nitrogen functional groups attached to an aromatic ring is 1. The SMILES string of the molecule is CCN(C(=O)c1cc(N)cn1C(C)C)c1ccc(F)cc1. The first-order valence-corrected chi connectivity index (χ1v) is 6.98. The maximum atomic E-state index is 13.0. The second-order valence-electron chi connectivity index (χ2n) is 5.19. The highest BCUT2D eigenvalue weighted by atomic mass is 19.1. The first-order chi connectivity index (χ1) is 9.93. The molecular weight excluding hydrogens is 269 g/mol. The summed E-state index contributed by atoms with van der Waals surface area (Å²) in [5, 5.41) is 0. The number of halogens is 1. The van der Waals surface area contributed by atoms with E-state index in [0.717, 1.165) is 0 Å². The lowest BCUT2D eigenvalue weighted by molar-refractivity contribution is 0.0978. The van der Waals surface area contributed by atoms with Crippen LogP contribution in [0.1, 0.15) is 37.3 Å². The van der Waals surface area contributed by atoms with Crippen LogP contribution in [-0.4, -0.2) is 17.0 Å². The van der Waals surface area contributed by atoms with E-state index in [2.05, 4.69) is 0 Å². The number of hydrogen-bond acceptors (Lipinski definition) is 2. The van der Waals surface area contributed by atoms with Crippen LogP contribution in [0.15, 0.2) is 36.5 Å². The third kappa shape index (κ3) is 3.07. The molecule has 0 saturated carbocycles. The van der Waals surface area contributed by atoms with Gasteiger partial charge in [-0.3, -0.25) is 4.79 Å². The zero-order valence-electron chi connectivity index (χ0n) is 12.5. The largest absolute Gasteiger partial charge is 0.397 e. The van der Waals surface area contributed by atoms with Gasteiger partial charge in [-0.05, 0) is 51.1 Å². The van der Waals surface area contributed by atoms with Crippen LogP contribution in [0.25, 0.3) is 0 Å². The molecule has 2 rings (SSSR count). The van der Waals surface area contributed by atoms with Crippen molar-refractivity contribution in [2.24, 2.45) is 0 Å². The van der Waals surface area contributed by atoms with E-state index in [1.165, 1.54) is 12.1 Å². The quantitative estimate of drug-likeness (QED) is 0.937. The van der Waals surface area contributed by atoms with Gasteiger partial charge in [-0.1, -0.05) is 0 Å². The minimum Gasteiger partial charge on any atom is -0.397 e. The Labute approximate surface area is 124 Å². The number of carbonyl (C=O) groups is 1. The van der Waals surface area contributed by atoms with Gasteiger partial charge in [0.1, 0.15) is 11.5 Å². The molecule has 4 nitrogen and oxygen atoms in total. The third-order valence-electron chi connectivity index (χ3n) is 3.34. The molecule has 1 amide bonds. The van der Waals surface area contributed by atoms with E-state index in [0.29, 0.717) is 23.6 Å². The van der Waals surface area contributed by atoms with Gasteiger partial charge in [0.25, 0.3) is 5.91 Å². The molecule has 21 heavy (non-hydrogen) atoms. The fourth-order valence-electron chi connectivity index (χ4n) is 2.30. The highest BCUT2D eigenvalue weighted by Crippen LogP contribution is 2.22. The molecule has 0 fully saturated rings. The number of nitrogens with two attached hydrogens (primary N) is 1. The molecule has 1 aromatic carbocycles. The number of amides is 1. The number of rotatable bonds is 4. The first kappa shape index (κ1) is 15.1. The van der Waals surface area contributed by atoms with Gasteiger partial charge in [-0.2, -0.15) is 0 Å². The molecule has 0 unspecified atom stereocenters. The predicted octanol–water partition coefficient (Wildman–Crippen LogP) is 3.46. The predicted molar refractivity (Wildman–Crippen MR) is 83.0 cm³/mol. The van der Waals surface area contributed by atoms with Crippen LogP contribution in [0.3, 0.4) is 0 Å². The zero-order chi connectivity index (χ0) is 15.6. The van der Waals surface area contributed by atoms with Crippen molar-refractivity contribution in [2.75, 3.05) is 17.2 Å². The Morgan fingerprint density at radius 1 is 1.33 bits per heavy atom. The van der Waals surface area contributed by atoms with Crippen molar-refractivity contribution in [3.63, 3.8) is 0 Å². The van der Waals surface area contributed by atoms with E-state index in [-0.39, 0.29) is 17.8 Å². The minimum atomic E-state index is -0.322. The van der Waals surface area contributed by atoms with E-state index >= 15 is 0 Å². The van der Waals surface area contributed by atoms with E-state index in [1.807, 2.05) is 25.3 Å². The summed E-state index contributed by atoms with van der Waals surface area (Å²) in [5.74, 6) is -0.466. The van der Waals surface area contributed by atoms with Gasteiger partial charge in [0.2, 0.25) is 0 Å². The number of benzene rings is 1. The lowest BCUT2D eigenvalue weighted by Gasteiger charge is -2.22. The fraction of sp³-hybridized carbons (Fsp3) is 0.312. The molecule has 0 spiro atoms. The molecule has 0 bridgehead atoms. The van der Waals surface area contributed by atoms with E-state index in [9.17, 15) is 9.18 Å². The minimum absolute atomic E-state index is 0.133. The number of carbonyl (C=O) groups excluding carboxylic acids is 1. The van der Waals surface area contributed by atoms with Crippen LogP contribution >= 0.6 is 0 Å². The van der Waals surface area contributed by atoms with E-state index in [4.69, 9.17) is 5.73 Å². The Morgan fingerprint density at radius 3 is 2.48 bits per heavy atom. The molecule has 0 aliphatic rings. The maximum absolute atomic E-state index is 13.0. The molecule has 2 N–H and O–H groups in total. The smallest absolute Gasteiger partial charge is 0.274 e. The van der Waals surface area contributed by atoms with Gasteiger partial charge in [0, 0.05) is 24.5 Å². The average molecular weight is 289 g/mol. The highest BCUT2D eigenvalue weighted by molar-refractivity contribution is 6.05. The van der Waals surface area contributed by atoms with E-state index in [1.54, 1.807) is 29.3 Å². The monoisotopic (exact) mass is 289 g/mol. The fourth-order valence-corrected chi connectivity index (χ4v) is 2.30. The lowest BCUT2D eigenvalue weighted by atomic mass is 10.2. The second-order valence-corrected chi connectivity index (χ2v) is 5.19. The van der Waals surface area contributed by atoms with Crippen molar-refractivity contribution < 1.29 is 9.18 Å². The molecule has 0 aliphatic heterocycles. The Kier molecular flexibility index (Phi) is 4.31. The Hall–Kier alpha value is -2.30. The van der Waals surface area contributed by atoms with Crippen molar-refractivity contribution >= 4 is 17.3 Å². The van der Waals surface area contributed by atoms with Gasteiger partial charge in [-0.25, -0.2) is 4.39 Å². The first-order valence-electron chi connectivity index (χ1n) is 6.98. The van der Waals surface area contributed by atoms with Gasteiger partial charge >= 0.3 is 0 Å². The summed E-state index contributed by atoms with van der Waals surface area (Å²) in [5.41, 5.74) is 7.57. The van der Waals surface area contributed by atoms with Crippen molar-refractivity contribution in [3.8, 4) is 0 Å². The Balaban J connectivity index is 2.39. The molecule has 112 valence electrons. The Bertz CT molecular complexity index is 631. The van der Waals surface area contributed by atoms with Gasteiger partial charge in [0.15, 0.2) is 0 Å². The molecule has 0 aliphatic carbocycles. The van der Waals surface area contributed by atoms with Crippen LogP contribution < -0.4 is 10.6 Å². The van der Waals surface area contributed by atoms with Crippen LogP contribution in [0.4, 0.5) is 15.8 Å². The second kappa shape index (κ2) is 5.99. The molecule has 0 saturated heterocycles. The molecule has 5 heteroatoms. The summed E-state index contributed by atoms with van der Waals surface area (Å²) in [4.78, 5) is 14.4. The number of nitrogens with zero attached hydrogens (tertiary/aromatic N) is 2. The summed E-state index contributed by atoms with van der Waals surface area (Å²) < 4.78 is 14.9. The molecule has 2 aromatic rings. The van der Waals surface area contributed by atoms with E-state index < -0.39 is 0 Å². The van der Waals surface area contributed by atoms with Gasteiger partial charge < -0.3 is 15.2 Å². The van der Waals surface area contributed by atoms with Gasteiger partial charge in [-0.15, -0.1) is 0 Å². The highest BCUT2D eigenvalue weighted by Gasteiger charge is 2.21. The number of aromatic nitrogens is 1. The number of anilines is 2. The average Bonchev–Trinajstić information content (AvgIpc) is 2.84. The van der Waals surface area contributed by atoms with Crippen LogP contribution in [-0.2, 0) is 0 Å². The van der Waals surface area contributed by atoms with Crippen LogP contribution in [0.5, 0.6) is 0 Å². The molecular formula is C16H20FN3O. The third-order valence-corrected chi connectivity index (χ3v) is 3.34. The lowest BCUT2D eigenvalue weighted by Crippen LogP contribution is -2.32. The molecule has 0 atom stereocenters. The standard InChI is InChI=1S/C16H20FN3O/c1-4-19(14-7-5-12(17)6-8-14)16(21)15-9-13(18)10-20(15)11(2)3/h5-11H,4,18H2,1-3H3. The van der Waals surface area contributed by atoms with Crippen molar-refractivity contribution in [3.05, 3.63) is 48.0 Å². The maximum Gasteiger partial charge on any atom is 0.274 e. The van der Waals surface area contributed by atoms with Crippen LogP contribution in [0, 0.1) is 5.82 Å². The number of hydrogen-bond donors (Lipinski definition) is 1. The summed E-state index contributed by atoms with van der Waals surface area (Å²) in [6.45, 7) is 6.36. The Morgan fingerprint density at radius 2 is 1.95 bits per heavy atom. The van der Waals surface area contributed by atoms with Crippen molar-refractivity contribution in [1.82, 2.24) is 4.57 Å². The topological polar surface area (TPSA) is 51.3 Å². The summed E-state index contributed by atoms with van der Waals surface area (Å²) in [6, 6.07) is 7.70. The zero-order valence-corrected chi connectivity index (χ0v) is 12.5. The molecule has 0 radical (unpaired) electrons.